The molecule has 1 saturated heterocycles. The summed E-state index contributed by atoms with van der Waals surface area (Å²) >= 11 is 0. The second-order valence-electron chi connectivity index (χ2n) is 5.95. The van der Waals surface area contributed by atoms with E-state index in [0.717, 1.165) is 5.56 Å². The molecular formula is C16H21F3O4. The Labute approximate surface area is 133 Å². The number of halogens is 3. The van der Waals surface area contributed by atoms with Crippen LogP contribution in [0.15, 0.2) is 30.3 Å². The first kappa shape index (κ1) is 18.2. The summed E-state index contributed by atoms with van der Waals surface area (Å²) in [6, 6.07) is 9.42. The molecule has 130 valence electrons. The van der Waals surface area contributed by atoms with Crippen LogP contribution in [0.5, 0.6) is 0 Å². The summed E-state index contributed by atoms with van der Waals surface area (Å²) in [6.07, 6.45) is -9.54. The normalized spacial score (nSPS) is 27.8. The number of alkyl halides is 3. The van der Waals surface area contributed by atoms with Crippen LogP contribution in [0.1, 0.15) is 25.8 Å². The van der Waals surface area contributed by atoms with E-state index in [1.807, 2.05) is 30.3 Å². The van der Waals surface area contributed by atoms with Crippen LogP contribution in [0.4, 0.5) is 13.2 Å². The summed E-state index contributed by atoms with van der Waals surface area (Å²) in [5, 5.41) is 9.89. The summed E-state index contributed by atoms with van der Waals surface area (Å²) in [6.45, 7) is 3.33. The van der Waals surface area contributed by atoms with E-state index in [2.05, 4.69) is 0 Å². The number of hydrogen-bond donors (Lipinski definition) is 1. The van der Waals surface area contributed by atoms with Gasteiger partial charge in [0.1, 0.15) is 6.10 Å². The lowest BCUT2D eigenvalue weighted by molar-refractivity contribution is -0.384. The second kappa shape index (κ2) is 7.17. The Morgan fingerprint density at radius 1 is 1.17 bits per heavy atom. The van der Waals surface area contributed by atoms with Crippen molar-refractivity contribution in [3.05, 3.63) is 35.9 Å². The number of aliphatic hydroxyl groups is 1. The van der Waals surface area contributed by atoms with E-state index in [-0.39, 0.29) is 13.0 Å². The van der Waals surface area contributed by atoms with E-state index < -0.39 is 30.3 Å². The highest BCUT2D eigenvalue weighted by atomic mass is 19.4. The van der Waals surface area contributed by atoms with E-state index in [0.29, 0.717) is 6.61 Å². The topological polar surface area (TPSA) is 47.9 Å². The van der Waals surface area contributed by atoms with Crippen LogP contribution in [-0.2, 0) is 20.8 Å². The first-order chi connectivity index (χ1) is 10.7. The molecule has 1 N–H and O–H groups in total. The van der Waals surface area contributed by atoms with E-state index >= 15 is 0 Å². The molecule has 3 atom stereocenters. The van der Waals surface area contributed by atoms with Crippen LogP contribution in [0.2, 0.25) is 0 Å². The number of aliphatic hydroxyl groups excluding tert-OH is 1. The first-order valence-corrected chi connectivity index (χ1v) is 7.41. The molecule has 0 radical (unpaired) electrons. The van der Waals surface area contributed by atoms with Crippen molar-refractivity contribution in [3.63, 3.8) is 0 Å². The molecule has 1 aromatic rings. The van der Waals surface area contributed by atoms with Gasteiger partial charge in [-0.15, -0.1) is 0 Å². The smallest absolute Gasteiger partial charge is 0.387 e. The molecule has 0 bridgehead atoms. The predicted octanol–water partition coefficient (Wildman–Crippen LogP) is 3.04. The van der Waals surface area contributed by atoms with Crippen molar-refractivity contribution < 1.29 is 32.5 Å². The minimum atomic E-state index is -4.65. The zero-order valence-corrected chi connectivity index (χ0v) is 13.0. The van der Waals surface area contributed by atoms with Gasteiger partial charge in [-0.1, -0.05) is 30.3 Å². The third-order valence-electron chi connectivity index (χ3n) is 3.52. The number of ether oxygens (including phenoxy) is 3. The summed E-state index contributed by atoms with van der Waals surface area (Å²) in [5.74, 6) is -1.41. The molecule has 0 aliphatic carbocycles. The SMILES string of the molecule is CC1(C)O[C@@H](CCOCc2ccccc2)[C@H](O)[C@@H](C(F)(F)F)O1. The first-order valence-electron chi connectivity index (χ1n) is 7.41. The van der Waals surface area contributed by atoms with Crippen molar-refractivity contribution >= 4 is 0 Å². The highest BCUT2D eigenvalue weighted by Gasteiger charge is 2.54. The van der Waals surface area contributed by atoms with Gasteiger partial charge >= 0.3 is 6.18 Å². The summed E-state index contributed by atoms with van der Waals surface area (Å²) in [4.78, 5) is 0. The van der Waals surface area contributed by atoms with Crippen molar-refractivity contribution in [1.82, 2.24) is 0 Å². The van der Waals surface area contributed by atoms with Gasteiger partial charge in [0.25, 0.3) is 0 Å². The molecule has 1 aliphatic heterocycles. The average Bonchev–Trinajstić information content (AvgIpc) is 2.46. The van der Waals surface area contributed by atoms with Gasteiger partial charge in [-0.25, -0.2) is 0 Å². The van der Waals surface area contributed by atoms with Crippen LogP contribution in [0, 0.1) is 0 Å². The fourth-order valence-electron chi connectivity index (χ4n) is 2.49. The number of benzene rings is 1. The number of rotatable bonds is 5. The molecule has 1 fully saturated rings. The van der Waals surface area contributed by atoms with Crippen molar-refractivity contribution in [3.8, 4) is 0 Å². The van der Waals surface area contributed by atoms with Gasteiger partial charge in [-0.3, -0.25) is 0 Å². The largest absolute Gasteiger partial charge is 0.417 e. The zero-order chi connectivity index (χ0) is 17.1. The van der Waals surface area contributed by atoms with Crippen LogP contribution < -0.4 is 0 Å². The molecule has 0 aromatic heterocycles. The lowest BCUT2D eigenvalue weighted by Gasteiger charge is -2.44. The summed E-state index contributed by atoms with van der Waals surface area (Å²) in [5.41, 5.74) is 0.967. The molecule has 0 saturated carbocycles. The van der Waals surface area contributed by atoms with Crippen LogP contribution in [0.25, 0.3) is 0 Å². The standard InChI is InChI=1S/C16H21F3O4/c1-15(2)22-12(13(20)14(23-15)16(17,18)19)8-9-21-10-11-6-4-3-5-7-11/h3-7,12-14,20H,8-10H2,1-2H3/t12-,13-,14-/m0/s1. The quantitative estimate of drug-likeness (QED) is 0.841. The monoisotopic (exact) mass is 334 g/mol. The molecule has 7 heteroatoms. The second-order valence-corrected chi connectivity index (χ2v) is 5.95. The Hall–Kier alpha value is -1.15. The Morgan fingerprint density at radius 3 is 2.43 bits per heavy atom. The Bertz CT molecular complexity index is 490. The van der Waals surface area contributed by atoms with Gasteiger partial charge in [0, 0.05) is 6.61 Å². The Balaban J connectivity index is 1.87. The molecule has 0 unspecified atom stereocenters. The molecule has 23 heavy (non-hydrogen) atoms. The molecule has 1 aliphatic rings. The van der Waals surface area contributed by atoms with Crippen molar-refractivity contribution in [1.29, 1.82) is 0 Å². The van der Waals surface area contributed by atoms with E-state index in [9.17, 15) is 18.3 Å². The molecular weight excluding hydrogens is 313 g/mol. The Morgan fingerprint density at radius 2 is 1.83 bits per heavy atom. The minimum Gasteiger partial charge on any atom is -0.387 e. The van der Waals surface area contributed by atoms with Crippen LogP contribution in [0.3, 0.4) is 0 Å². The third-order valence-corrected chi connectivity index (χ3v) is 3.52. The molecule has 1 aromatic carbocycles. The number of hydrogen-bond acceptors (Lipinski definition) is 4. The molecule has 0 spiro atoms. The fraction of sp³-hybridized carbons (Fsp3) is 0.625. The summed E-state index contributed by atoms with van der Waals surface area (Å²) in [7, 11) is 0. The Kier molecular flexibility index (Phi) is 5.67. The zero-order valence-electron chi connectivity index (χ0n) is 13.0. The van der Waals surface area contributed by atoms with Crippen LogP contribution in [-0.4, -0.2) is 42.0 Å². The minimum absolute atomic E-state index is 0.146. The van der Waals surface area contributed by atoms with Gasteiger partial charge in [0.15, 0.2) is 11.9 Å². The molecule has 1 heterocycles. The van der Waals surface area contributed by atoms with Gasteiger partial charge < -0.3 is 19.3 Å². The van der Waals surface area contributed by atoms with Crippen molar-refractivity contribution in [2.75, 3.05) is 6.61 Å². The maximum absolute atomic E-state index is 12.9. The van der Waals surface area contributed by atoms with Gasteiger partial charge in [0.2, 0.25) is 0 Å². The van der Waals surface area contributed by atoms with E-state index in [1.54, 1.807) is 0 Å². The van der Waals surface area contributed by atoms with Gasteiger partial charge in [-0.05, 0) is 25.8 Å². The maximum atomic E-state index is 12.9. The van der Waals surface area contributed by atoms with Crippen LogP contribution >= 0.6 is 0 Å². The highest BCUT2D eigenvalue weighted by molar-refractivity contribution is 5.13. The van der Waals surface area contributed by atoms with Crippen molar-refractivity contribution in [2.24, 2.45) is 0 Å². The molecule has 4 nitrogen and oxygen atoms in total. The van der Waals surface area contributed by atoms with Gasteiger partial charge in [0.05, 0.1) is 12.7 Å². The lowest BCUT2D eigenvalue weighted by atomic mass is 10.0. The fourth-order valence-corrected chi connectivity index (χ4v) is 2.49. The average molecular weight is 334 g/mol. The van der Waals surface area contributed by atoms with Gasteiger partial charge in [-0.2, -0.15) is 13.2 Å². The highest BCUT2D eigenvalue weighted by Crippen LogP contribution is 2.36. The van der Waals surface area contributed by atoms with E-state index in [4.69, 9.17) is 14.2 Å². The molecule has 2 rings (SSSR count). The molecule has 0 amide bonds. The van der Waals surface area contributed by atoms with E-state index in [1.165, 1.54) is 13.8 Å². The van der Waals surface area contributed by atoms with Crippen molar-refractivity contribution in [2.45, 2.75) is 57.2 Å². The predicted molar refractivity (Wildman–Crippen MR) is 76.6 cm³/mol. The lowest BCUT2D eigenvalue weighted by Crippen LogP contribution is -2.59. The maximum Gasteiger partial charge on any atom is 0.417 e. The summed E-state index contributed by atoms with van der Waals surface area (Å²) < 4.78 is 54.5. The third kappa shape index (κ3) is 5.17.